The fourth-order valence-corrected chi connectivity index (χ4v) is 3.22. The molecule has 0 spiro atoms. The summed E-state index contributed by atoms with van der Waals surface area (Å²) in [6, 6.07) is 16.3. The fourth-order valence-electron chi connectivity index (χ4n) is 3.22. The molecular formula is C19H19NO6. The molecule has 26 heavy (non-hydrogen) atoms. The number of hydrogen-bond acceptors (Lipinski definition) is 5. The lowest BCUT2D eigenvalue weighted by Gasteiger charge is -2.42. The zero-order chi connectivity index (χ0) is 18.7. The molecule has 3 atom stereocenters. The third kappa shape index (κ3) is 3.20. The maximum absolute atomic E-state index is 11.6. The highest BCUT2D eigenvalue weighted by Gasteiger charge is 2.46. The molecule has 2 aromatic carbocycles. The standard InChI is InChI=1S/C19H19NO6/c21-15(17(22)23)16(18(24)25)26-19(13-7-2-1-3-8-13)14-9-5-4-6-12(14)10-11-20-19/h1-9,15-16,20-21H,10-11H2,(H,22,23)(H,24,25)/t15?,16?,19-/m1/s1. The van der Waals surface area contributed by atoms with Crippen LogP contribution in [-0.2, 0) is 26.5 Å². The third-order valence-electron chi connectivity index (χ3n) is 4.43. The average molecular weight is 357 g/mol. The normalized spacial score (nSPS) is 21.4. The summed E-state index contributed by atoms with van der Waals surface area (Å²) >= 11 is 0. The van der Waals surface area contributed by atoms with Gasteiger partial charge in [-0.25, -0.2) is 9.59 Å². The number of rotatable bonds is 6. The molecule has 0 aromatic heterocycles. The van der Waals surface area contributed by atoms with Crippen LogP contribution in [0.5, 0.6) is 0 Å². The van der Waals surface area contributed by atoms with Crippen LogP contribution in [0.15, 0.2) is 54.6 Å². The van der Waals surface area contributed by atoms with Crippen LogP contribution >= 0.6 is 0 Å². The maximum Gasteiger partial charge on any atom is 0.336 e. The van der Waals surface area contributed by atoms with E-state index in [1.54, 1.807) is 36.4 Å². The molecule has 0 saturated heterocycles. The van der Waals surface area contributed by atoms with Crippen molar-refractivity contribution in [2.24, 2.45) is 0 Å². The van der Waals surface area contributed by atoms with Gasteiger partial charge in [-0.1, -0.05) is 54.6 Å². The summed E-state index contributed by atoms with van der Waals surface area (Å²) in [6.07, 6.45) is -3.44. The van der Waals surface area contributed by atoms with Crippen LogP contribution in [0.25, 0.3) is 0 Å². The van der Waals surface area contributed by atoms with Crippen molar-refractivity contribution in [2.45, 2.75) is 24.4 Å². The van der Waals surface area contributed by atoms with E-state index in [2.05, 4.69) is 5.32 Å². The second kappa shape index (κ2) is 7.25. The zero-order valence-electron chi connectivity index (χ0n) is 13.8. The second-order valence-corrected chi connectivity index (χ2v) is 6.04. The van der Waals surface area contributed by atoms with Crippen molar-refractivity contribution < 1.29 is 29.6 Å². The van der Waals surface area contributed by atoms with Crippen molar-refractivity contribution in [3.8, 4) is 0 Å². The Hall–Kier alpha value is -2.74. The molecule has 0 fully saturated rings. The van der Waals surface area contributed by atoms with Gasteiger partial charge in [-0.3, -0.25) is 5.32 Å². The smallest absolute Gasteiger partial charge is 0.336 e. The molecule has 3 rings (SSSR count). The first-order valence-electron chi connectivity index (χ1n) is 8.16. The second-order valence-electron chi connectivity index (χ2n) is 6.04. The van der Waals surface area contributed by atoms with E-state index in [1.165, 1.54) is 0 Å². The SMILES string of the molecule is O=C(O)C(O)C(O[C@@]1(c2ccccc2)NCCc2ccccc21)C(=O)O. The Morgan fingerprint density at radius 1 is 1.00 bits per heavy atom. The van der Waals surface area contributed by atoms with E-state index in [0.717, 1.165) is 5.56 Å². The number of carbonyl (C=O) groups is 2. The zero-order valence-corrected chi connectivity index (χ0v) is 13.8. The summed E-state index contributed by atoms with van der Waals surface area (Å²) in [7, 11) is 0. The Morgan fingerprint density at radius 2 is 1.65 bits per heavy atom. The van der Waals surface area contributed by atoms with Crippen LogP contribution in [0.4, 0.5) is 0 Å². The van der Waals surface area contributed by atoms with Gasteiger partial charge in [-0.2, -0.15) is 0 Å². The van der Waals surface area contributed by atoms with Gasteiger partial charge in [-0.15, -0.1) is 0 Å². The maximum atomic E-state index is 11.6. The summed E-state index contributed by atoms with van der Waals surface area (Å²) in [5.41, 5.74) is 0.900. The first kappa shape index (κ1) is 18.1. The minimum absolute atomic E-state index is 0.501. The van der Waals surface area contributed by atoms with Crippen molar-refractivity contribution in [1.29, 1.82) is 0 Å². The summed E-state index contributed by atoms with van der Waals surface area (Å²) in [4.78, 5) is 22.8. The molecule has 1 aliphatic heterocycles. The molecule has 1 aliphatic rings. The van der Waals surface area contributed by atoms with Gasteiger partial charge in [0.1, 0.15) is 0 Å². The van der Waals surface area contributed by atoms with Crippen LogP contribution in [0.2, 0.25) is 0 Å². The molecule has 136 valence electrons. The number of aliphatic hydroxyl groups is 1. The van der Waals surface area contributed by atoms with Crippen LogP contribution in [0, 0.1) is 0 Å². The Morgan fingerprint density at radius 3 is 2.31 bits per heavy atom. The van der Waals surface area contributed by atoms with E-state index < -0.39 is 29.9 Å². The number of ether oxygens (including phenoxy) is 1. The van der Waals surface area contributed by atoms with Gasteiger partial charge in [0.25, 0.3) is 0 Å². The van der Waals surface area contributed by atoms with E-state index in [-0.39, 0.29) is 0 Å². The van der Waals surface area contributed by atoms with Gasteiger partial charge in [0, 0.05) is 17.7 Å². The van der Waals surface area contributed by atoms with Crippen LogP contribution < -0.4 is 5.32 Å². The number of carboxylic acids is 2. The highest BCUT2D eigenvalue weighted by Crippen LogP contribution is 2.37. The number of fused-ring (bicyclic) bond motifs is 1. The first-order valence-corrected chi connectivity index (χ1v) is 8.16. The van der Waals surface area contributed by atoms with Crippen molar-refractivity contribution in [3.63, 3.8) is 0 Å². The minimum atomic E-state index is -2.20. The number of aliphatic hydroxyl groups excluding tert-OH is 1. The van der Waals surface area contributed by atoms with Gasteiger partial charge >= 0.3 is 11.9 Å². The molecule has 0 saturated carbocycles. The van der Waals surface area contributed by atoms with Crippen molar-refractivity contribution >= 4 is 11.9 Å². The predicted molar refractivity (Wildman–Crippen MR) is 91.5 cm³/mol. The Labute approximate surface area is 149 Å². The Balaban J connectivity index is 2.15. The topological polar surface area (TPSA) is 116 Å². The quantitative estimate of drug-likeness (QED) is 0.608. The molecule has 7 nitrogen and oxygen atoms in total. The molecule has 2 unspecified atom stereocenters. The molecule has 0 bridgehead atoms. The number of hydrogen-bond donors (Lipinski definition) is 4. The molecule has 4 N–H and O–H groups in total. The minimum Gasteiger partial charge on any atom is -0.479 e. The number of nitrogens with one attached hydrogen (secondary N) is 1. The predicted octanol–water partition coefficient (Wildman–Crippen LogP) is 0.949. The van der Waals surface area contributed by atoms with E-state index in [1.807, 2.05) is 18.2 Å². The molecule has 1 heterocycles. The largest absolute Gasteiger partial charge is 0.479 e. The molecule has 7 heteroatoms. The highest BCUT2D eigenvalue weighted by atomic mass is 16.6. The number of carboxylic acid groups (broad SMARTS) is 2. The van der Waals surface area contributed by atoms with Gasteiger partial charge in [-0.05, 0) is 12.0 Å². The van der Waals surface area contributed by atoms with Crippen LogP contribution in [0.1, 0.15) is 16.7 Å². The molecular weight excluding hydrogens is 338 g/mol. The first-order chi connectivity index (χ1) is 12.5. The molecule has 2 aromatic rings. The molecule has 0 amide bonds. The van der Waals surface area contributed by atoms with Gasteiger partial charge in [0.05, 0.1) is 0 Å². The lowest BCUT2D eigenvalue weighted by atomic mass is 9.86. The van der Waals surface area contributed by atoms with E-state index in [9.17, 15) is 19.8 Å². The lowest BCUT2D eigenvalue weighted by Crippen LogP contribution is -2.56. The molecule has 0 aliphatic carbocycles. The summed E-state index contributed by atoms with van der Waals surface area (Å²) in [6.45, 7) is 0.501. The van der Waals surface area contributed by atoms with Crippen LogP contribution in [0.3, 0.4) is 0 Å². The van der Waals surface area contributed by atoms with Crippen molar-refractivity contribution in [3.05, 3.63) is 71.3 Å². The molecule has 0 radical (unpaired) electrons. The Bertz CT molecular complexity index is 809. The number of benzene rings is 2. The van der Waals surface area contributed by atoms with E-state index in [4.69, 9.17) is 9.84 Å². The lowest BCUT2D eigenvalue weighted by molar-refractivity contribution is -0.189. The summed E-state index contributed by atoms with van der Waals surface area (Å²) < 4.78 is 5.83. The monoisotopic (exact) mass is 357 g/mol. The Kier molecular flexibility index (Phi) is 5.03. The van der Waals surface area contributed by atoms with Gasteiger partial charge in [0.2, 0.25) is 0 Å². The fraction of sp³-hybridized carbons (Fsp3) is 0.263. The van der Waals surface area contributed by atoms with Crippen molar-refractivity contribution in [1.82, 2.24) is 5.32 Å². The third-order valence-corrected chi connectivity index (χ3v) is 4.43. The van der Waals surface area contributed by atoms with E-state index >= 15 is 0 Å². The van der Waals surface area contributed by atoms with Gasteiger partial charge < -0.3 is 20.1 Å². The summed E-state index contributed by atoms with van der Waals surface area (Å²) in [5.74, 6) is -3.22. The van der Waals surface area contributed by atoms with Crippen molar-refractivity contribution in [2.75, 3.05) is 6.54 Å². The van der Waals surface area contributed by atoms with Crippen LogP contribution in [-0.4, -0.2) is 46.0 Å². The number of aliphatic carboxylic acids is 2. The van der Waals surface area contributed by atoms with E-state index in [0.29, 0.717) is 24.1 Å². The summed E-state index contributed by atoms with van der Waals surface area (Å²) in [5, 5.41) is 31.6. The highest BCUT2D eigenvalue weighted by molar-refractivity contribution is 5.83. The average Bonchev–Trinajstić information content (AvgIpc) is 2.66. The van der Waals surface area contributed by atoms with Gasteiger partial charge in [0.15, 0.2) is 17.9 Å².